The molecule has 1 N–H and O–H groups in total. The fraction of sp³-hybridized carbons (Fsp3) is 0.467. The normalized spacial score (nSPS) is 14.1. The Morgan fingerprint density at radius 3 is 2.59 bits per heavy atom. The molecule has 1 heterocycles. The molecule has 0 aliphatic heterocycles. The SMILES string of the molecule is CCCCCNC(=O)CN(CC(=O)N(C)C1Cc2ccc(OC)cc2C1)c1cc(-c2noc(C)n2)ccc1C. The minimum absolute atomic E-state index is 0.0428. The van der Waals surface area contributed by atoms with Gasteiger partial charge in [-0.25, -0.2) is 0 Å². The van der Waals surface area contributed by atoms with Crippen LogP contribution < -0.4 is 15.0 Å². The number of nitrogens with one attached hydrogen (secondary N) is 1. The minimum Gasteiger partial charge on any atom is -0.497 e. The lowest BCUT2D eigenvalue weighted by Gasteiger charge is -2.30. The summed E-state index contributed by atoms with van der Waals surface area (Å²) in [6, 6.07) is 12.0. The summed E-state index contributed by atoms with van der Waals surface area (Å²) in [5.41, 5.74) is 4.96. The molecule has 4 rings (SSSR count). The van der Waals surface area contributed by atoms with Crippen molar-refractivity contribution in [2.75, 3.05) is 38.7 Å². The van der Waals surface area contributed by atoms with Crippen LogP contribution in [-0.2, 0) is 22.4 Å². The lowest BCUT2D eigenvalue weighted by atomic mass is 10.1. The van der Waals surface area contributed by atoms with E-state index in [2.05, 4.69) is 34.5 Å². The van der Waals surface area contributed by atoms with E-state index in [1.165, 1.54) is 11.1 Å². The average Bonchev–Trinajstić information content (AvgIpc) is 3.56. The lowest BCUT2D eigenvalue weighted by molar-refractivity contribution is -0.130. The maximum Gasteiger partial charge on any atom is 0.242 e. The molecule has 39 heavy (non-hydrogen) atoms. The van der Waals surface area contributed by atoms with Gasteiger partial charge < -0.3 is 24.4 Å². The molecule has 208 valence electrons. The van der Waals surface area contributed by atoms with Crippen LogP contribution >= 0.6 is 0 Å². The summed E-state index contributed by atoms with van der Waals surface area (Å²) in [4.78, 5) is 34.6. The molecular formula is C30H39N5O4. The number of methoxy groups -OCH3 is 1. The van der Waals surface area contributed by atoms with Crippen molar-refractivity contribution in [3.8, 4) is 17.1 Å². The maximum atomic E-state index is 13.6. The van der Waals surface area contributed by atoms with Crippen molar-refractivity contribution in [2.24, 2.45) is 0 Å². The summed E-state index contributed by atoms with van der Waals surface area (Å²) in [5, 5.41) is 7.05. The molecule has 0 bridgehead atoms. The molecule has 1 aromatic heterocycles. The van der Waals surface area contributed by atoms with Crippen LogP contribution in [0.1, 0.15) is 48.8 Å². The molecular weight excluding hydrogens is 494 g/mol. The first-order chi connectivity index (χ1) is 18.8. The van der Waals surface area contributed by atoms with Gasteiger partial charge in [0.05, 0.1) is 20.2 Å². The van der Waals surface area contributed by atoms with E-state index in [0.717, 1.165) is 54.7 Å². The number of anilines is 1. The number of hydrogen-bond acceptors (Lipinski definition) is 7. The first kappa shape index (κ1) is 28.1. The predicted octanol–water partition coefficient (Wildman–Crippen LogP) is 4.10. The Morgan fingerprint density at radius 1 is 1.08 bits per heavy atom. The van der Waals surface area contributed by atoms with Crippen molar-refractivity contribution in [3.63, 3.8) is 0 Å². The number of nitrogens with zero attached hydrogens (tertiary/aromatic N) is 4. The summed E-state index contributed by atoms with van der Waals surface area (Å²) in [5.74, 6) is 1.62. The Balaban J connectivity index is 1.53. The number of likely N-dealkylation sites (N-methyl/N-ethyl adjacent to an activating group) is 1. The molecule has 1 aliphatic rings. The zero-order valence-corrected chi connectivity index (χ0v) is 23.6. The van der Waals surface area contributed by atoms with Gasteiger partial charge in [-0.1, -0.05) is 43.1 Å². The van der Waals surface area contributed by atoms with E-state index in [0.29, 0.717) is 18.3 Å². The third-order valence-corrected chi connectivity index (χ3v) is 7.36. The molecule has 9 nitrogen and oxygen atoms in total. The van der Waals surface area contributed by atoms with Gasteiger partial charge in [-0.3, -0.25) is 9.59 Å². The summed E-state index contributed by atoms with van der Waals surface area (Å²) in [6.45, 7) is 6.62. The molecule has 0 saturated heterocycles. The van der Waals surface area contributed by atoms with Crippen LogP contribution in [0.4, 0.5) is 5.69 Å². The highest BCUT2D eigenvalue weighted by atomic mass is 16.5. The number of hydrogen-bond donors (Lipinski definition) is 1. The molecule has 0 radical (unpaired) electrons. The quantitative estimate of drug-likeness (QED) is 0.350. The Hall–Kier alpha value is -3.88. The second kappa shape index (κ2) is 12.8. The highest BCUT2D eigenvalue weighted by Crippen LogP contribution is 2.30. The van der Waals surface area contributed by atoms with Gasteiger partial charge >= 0.3 is 0 Å². The molecule has 9 heteroatoms. The van der Waals surface area contributed by atoms with E-state index in [-0.39, 0.29) is 30.9 Å². The van der Waals surface area contributed by atoms with Crippen molar-refractivity contribution in [3.05, 3.63) is 59.0 Å². The fourth-order valence-electron chi connectivity index (χ4n) is 5.01. The van der Waals surface area contributed by atoms with Crippen molar-refractivity contribution in [2.45, 2.75) is 58.9 Å². The van der Waals surface area contributed by atoms with Crippen molar-refractivity contribution < 1.29 is 18.8 Å². The number of amides is 2. The third-order valence-electron chi connectivity index (χ3n) is 7.36. The number of unbranched alkanes of at least 4 members (excludes halogenated alkanes) is 2. The average molecular weight is 534 g/mol. The van der Waals surface area contributed by atoms with Crippen LogP contribution in [0, 0.1) is 13.8 Å². The van der Waals surface area contributed by atoms with E-state index in [9.17, 15) is 9.59 Å². The van der Waals surface area contributed by atoms with Crippen molar-refractivity contribution in [1.29, 1.82) is 0 Å². The van der Waals surface area contributed by atoms with Gasteiger partial charge in [-0.15, -0.1) is 0 Å². The fourth-order valence-corrected chi connectivity index (χ4v) is 5.01. The molecule has 1 aliphatic carbocycles. The second-order valence-electron chi connectivity index (χ2n) is 10.3. The molecule has 3 aromatic rings. The Labute approximate surface area is 230 Å². The number of aryl methyl sites for hydroxylation is 2. The van der Waals surface area contributed by atoms with Crippen LogP contribution in [0.5, 0.6) is 5.75 Å². The van der Waals surface area contributed by atoms with Gasteiger partial charge in [0.2, 0.25) is 23.5 Å². The molecule has 2 amide bonds. The number of carbonyl (C=O) groups excluding carboxylic acids is 2. The largest absolute Gasteiger partial charge is 0.497 e. The second-order valence-corrected chi connectivity index (χ2v) is 10.3. The molecule has 0 fully saturated rings. The lowest BCUT2D eigenvalue weighted by Crippen LogP contribution is -2.47. The predicted molar refractivity (Wildman–Crippen MR) is 151 cm³/mol. The number of fused-ring (bicyclic) bond motifs is 1. The van der Waals surface area contributed by atoms with Crippen molar-refractivity contribution in [1.82, 2.24) is 20.4 Å². The number of aromatic nitrogens is 2. The topological polar surface area (TPSA) is 101 Å². The van der Waals surface area contributed by atoms with Crippen LogP contribution in [-0.4, -0.2) is 66.7 Å². The Morgan fingerprint density at radius 2 is 1.87 bits per heavy atom. The van der Waals surface area contributed by atoms with Crippen LogP contribution in [0.25, 0.3) is 11.4 Å². The first-order valence-electron chi connectivity index (χ1n) is 13.6. The maximum absolute atomic E-state index is 13.6. The smallest absolute Gasteiger partial charge is 0.242 e. The highest BCUT2D eigenvalue weighted by Gasteiger charge is 2.29. The van der Waals surface area contributed by atoms with E-state index in [1.807, 2.05) is 48.0 Å². The zero-order chi connectivity index (χ0) is 27.9. The van der Waals surface area contributed by atoms with Crippen LogP contribution in [0.3, 0.4) is 0 Å². The number of benzene rings is 2. The monoisotopic (exact) mass is 533 g/mol. The van der Waals surface area contributed by atoms with Crippen LogP contribution in [0.15, 0.2) is 40.9 Å². The molecule has 1 atom stereocenters. The van der Waals surface area contributed by atoms with Gasteiger partial charge in [0.1, 0.15) is 5.75 Å². The van der Waals surface area contributed by atoms with Gasteiger partial charge in [-0.05, 0) is 61.1 Å². The first-order valence-corrected chi connectivity index (χ1v) is 13.6. The van der Waals surface area contributed by atoms with Crippen LogP contribution in [0.2, 0.25) is 0 Å². The number of rotatable bonds is 12. The number of ether oxygens (including phenoxy) is 1. The minimum atomic E-state index is -0.109. The van der Waals surface area contributed by atoms with Crippen molar-refractivity contribution >= 4 is 17.5 Å². The summed E-state index contributed by atoms with van der Waals surface area (Å²) in [7, 11) is 3.51. The van der Waals surface area contributed by atoms with Gasteiger partial charge in [0.15, 0.2) is 0 Å². The summed E-state index contributed by atoms with van der Waals surface area (Å²) >= 11 is 0. The summed E-state index contributed by atoms with van der Waals surface area (Å²) in [6.07, 6.45) is 4.66. The van der Waals surface area contributed by atoms with E-state index >= 15 is 0 Å². The Bertz CT molecular complexity index is 1300. The third kappa shape index (κ3) is 6.96. The van der Waals surface area contributed by atoms with E-state index in [1.54, 1.807) is 14.0 Å². The van der Waals surface area contributed by atoms with Gasteiger partial charge in [-0.2, -0.15) is 4.98 Å². The number of carbonyl (C=O) groups is 2. The van der Waals surface area contributed by atoms with Gasteiger partial charge in [0.25, 0.3) is 0 Å². The highest BCUT2D eigenvalue weighted by molar-refractivity contribution is 5.87. The Kier molecular flexibility index (Phi) is 9.22. The van der Waals surface area contributed by atoms with Gasteiger partial charge in [0, 0.05) is 37.8 Å². The molecule has 0 spiro atoms. The molecule has 1 unspecified atom stereocenters. The van der Waals surface area contributed by atoms with E-state index in [4.69, 9.17) is 9.26 Å². The summed E-state index contributed by atoms with van der Waals surface area (Å²) < 4.78 is 10.5. The standard InChI is InChI=1S/C30H39N5O4/c1-6-7-8-13-31-28(36)18-35(27-17-23(10-9-20(27)2)30-32-21(3)39-33-30)19-29(37)34(4)25-14-22-11-12-26(38-5)16-24(22)15-25/h9-12,16-17,25H,6-8,13-15,18-19H2,1-5H3,(H,31,36). The molecule has 0 saturated carbocycles. The zero-order valence-electron chi connectivity index (χ0n) is 23.6. The van der Waals surface area contributed by atoms with E-state index < -0.39 is 0 Å². The molecule has 2 aromatic carbocycles.